The first-order chi connectivity index (χ1) is 15.3. The lowest BCUT2D eigenvalue weighted by Gasteiger charge is -2.41. The maximum absolute atomic E-state index is 12.0. The summed E-state index contributed by atoms with van der Waals surface area (Å²) in [6.45, 7) is -2.50. The van der Waals surface area contributed by atoms with Gasteiger partial charge in [0.1, 0.15) is 5.52 Å². The molecular formula is C18H18Cl2N2O7. The third kappa shape index (κ3) is 4.47. The van der Waals surface area contributed by atoms with Gasteiger partial charge in [0.05, 0.1) is 17.1 Å². The first kappa shape index (κ1) is 17.5. The van der Waals surface area contributed by atoms with Gasteiger partial charge >= 0.3 is 17.9 Å². The zero-order valence-corrected chi connectivity index (χ0v) is 16.4. The van der Waals surface area contributed by atoms with E-state index in [0.29, 0.717) is 16.1 Å². The summed E-state index contributed by atoms with van der Waals surface area (Å²) in [7, 11) is 0. The molecule has 29 heavy (non-hydrogen) atoms. The van der Waals surface area contributed by atoms with E-state index in [-0.39, 0.29) is 11.9 Å². The molecule has 9 nitrogen and oxygen atoms in total. The van der Waals surface area contributed by atoms with Crippen molar-refractivity contribution in [3.05, 3.63) is 28.5 Å². The standard InChI is InChI=1S/C18H18Cl2N2O7/c1-8(23)27-13-7-26-17(16(29-10(3)25)15(13)28-9(2)24)22-12-6-4-5-11(19)14(12)21-18(22)20/h4-6,13,15-17H,7H2,1-3H3/t13-,15-,16-,17?/m1/s1/i1D,2D,3D. The normalized spacial score (nSPS) is 25.5. The second-order valence-electron chi connectivity index (χ2n) is 6.02. The smallest absolute Gasteiger partial charge is 0.303 e. The predicted molar refractivity (Wildman–Crippen MR) is 101 cm³/mol. The van der Waals surface area contributed by atoms with Crippen LogP contribution in [0.3, 0.4) is 0 Å². The average molecular weight is 448 g/mol. The van der Waals surface area contributed by atoms with Crippen molar-refractivity contribution in [2.45, 2.75) is 45.2 Å². The van der Waals surface area contributed by atoms with Gasteiger partial charge in [0.15, 0.2) is 24.5 Å². The van der Waals surface area contributed by atoms with E-state index in [1.54, 1.807) is 18.2 Å². The molecule has 0 aliphatic carbocycles. The molecule has 0 bridgehead atoms. The van der Waals surface area contributed by atoms with Crippen LogP contribution in [0.25, 0.3) is 11.0 Å². The maximum atomic E-state index is 12.0. The Morgan fingerprint density at radius 1 is 1.10 bits per heavy atom. The highest BCUT2D eigenvalue weighted by Crippen LogP contribution is 2.36. The highest BCUT2D eigenvalue weighted by Gasteiger charge is 2.48. The van der Waals surface area contributed by atoms with Crippen molar-refractivity contribution in [3.63, 3.8) is 0 Å². The first-order valence-corrected chi connectivity index (χ1v) is 8.96. The second-order valence-corrected chi connectivity index (χ2v) is 6.76. The van der Waals surface area contributed by atoms with Gasteiger partial charge in [-0.05, 0) is 23.7 Å². The largest absolute Gasteiger partial charge is 0.456 e. The van der Waals surface area contributed by atoms with Crippen molar-refractivity contribution < 1.29 is 37.4 Å². The van der Waals surface area contributed by atoms with Crippen LogP contribution < -0.4 is 0 Å². The molecule has 0 N–H and O–H groups in total. The molecule has 3 rings (SSSR count). The lowest BCUT2D eigenvalue weighted by Crippen LogP contribution is -2.55. The number of ether oxygens (including phenoxy) is 4. The van der Waals surface area contributed by atoms with Gasteiger partial charge in [-0.3, -0.25) is 19.0 Å². The van der Waals surface area contributed by atoms with Crippen LogP contribution in [0.2, 0.25) is 10.3 Å². The fourth-order valence-electron chi connectivity index (χ4n) is 3.12. The van der Waals surface area contributed by atoms with E-state index in [2.05, 4.69) is 4.98 Å². The minimum atomic E-state index is -1.42. The number of aromatic nitrogens is 2. The lowest BCUT2D eigenvalue weighted by molar-refractivity contribution is -0.239. The monoisotopic (exact) mass is 447 g/mol. The highest BCUT2D eigenvalue weighted by atomic mass is 35.5. The minimum absolute atomic E-state index is 0.0720. The molecule has 0 saturated carbocycles. The molecule has 0 spiro atoms. The number of rotatable bonds is 4. The van der Waals surface area contributed by atoms with Gasteiger partial charge in [0, 0.05) is 24.8 Å². The number of imidazole rings is 1. The van der Waals surface area contributed by atoms with Gasteiger partial charge in [-0.1, -0.05) is 17.7 Å². The second kappa shape index (κ2) is 8.56. The Bertz CT molecular complexity index is 1020. The van der Waals surface area contributed by atoms with Crippen molar-refractivity contribution in [2.75, 3.05) is 6.61 Å². The number of esters is 3. The molecule has 1 saturated heterocycles. The topological polar surface area (TPSA) is 106 Å². The van der Waals surface area contributed by atoms with Gasteiger partial charge in [-0.2, -0.15) is 0 Å². The van der Waals surface area contributed by atoms with Crippen molar-refractivity contribution in [2.24, 2.45) is 0 Å². The van der Waals surface area contributed by atoms with Gasteiger partial charge in [0.25, 0.3) is 0 Å². The number of hydrogen-bond donors (Lipinski definition) is 0. The van der Waals surface area contributed by atoms with Crippen molar-refractivity contribution in [1.29, 1.82) is 0 Å². The van der Waals surface area contributed by atoms with E-state index in [0.717, 1.165) is 0 Å². The molecule has 1 aromatic heterocycles. The Morgan fingerprint density at radius 3 is 2.45 bits per heavy atom. The molecule has 156 valence electrons. The van der Waals surface area contributed by atoms with E-state index >= 15 is 0 Å². The van der Waals surface area contributed by atoms with Gasteiger partial charge in [-0.15, -0.1) is 0 Å². The summed E-state index contributed by atoms with van der Waals surface area (Å²) in [4.78, 5) is 39.9. The van der Waals surface area contributed by atoms with E-state index in [4.69, 9.17) is 46.3 Å². The number of halogens is 2. The molecule has 11 heteroatoms. The number of hydrogen-bond acceptors (Lipinski definition) is 8. The number of carbonyl (C=O) groups excluding carboxylic acids is 3. The Balaban J connectivity index is 2.08. The number of nitrogens with zero attached hydrogens (tertiary/aromatic N) is 2. The predicted octanol–water partition coefficient (Wildman–Crippen LogP) is 2.67. The number of carbonyl (C=O) groups is 3. The molecule has 1 aliphatic heterocycles. The Hall–Kier alpha value is -2.36. The number of fused-ring (bicyclic) bond motifs is 1. The van der Waals surface area contributed by atoms with Crippen LogP contribution >= 0.6 is 23.2 Å². The first-order valence-electron chi connectivity index (χ1n) is 10.3. The number of benzene rings is 1. The van der Waals surface area contributed by atoms with E-state index in [1.165, 1.54) is 4.57 Å². The zero-order chi connectivity index (χ0) is 23.4. The molecule has 1 aromatic carbocycles. The van der Waals surface area contributed by atoms with E-state index in [1.807, 2.05) is 0 Å². The van der Waals surface area contributed by atoms with E-state index < -0.39 is 63.1 Å². The van der Waals surface area contributed by atoms with Crippen molar-refractivity contribution in [3.8, 4) is 0 Å². The summed E-state index contributed by atoms with van der Waals surface area (Å²) in [5.74, 6) is -2.87. The van der Waals surface area contributed by atoms with E-state index in [9.17, 15) is 14.4 Å². The third-order valence-corrected chi connectivity index (χ3v) is 4.67. The molecule has 2 aromatic rings. The summed E-state index contributed by atoms with van der Waals surface area (Å²) in [6.07, 6.45) is -5.25. The van der Waals surface area contributed by atoms with Crippen LogP contribution in [0, 0.1) is 0 Å². The Morgan fingerprint density at radius 2 is 1.76 bits per heavy atom. The minimum Gasteiger partial charge on any atom is -0.456 e. The highest BCUT2D eigenvalue weighted by molar-refractivity contribution is 6.35. The molecule has 4 atom stereocenters. The average Bonchev–Trinajstić information content (AvgIpc) is 3.12. The van der Waals surface area contributed by atoms with Gasteiger partial charge in [0.2, 0.25) is 5.28 Å². The van der Waals surface area contributed by atoms with Crippen molar-refractivity contribution >= 4 is 52.1 Å². The molecular weight excluding hydrogens is 427 g/mol. The summed E-state index contributed by atoms with van der Waals surface area (Å²) in [5.41, 5.74) is 0.766. The fourth-order valence-corrected chi connectivity index (χ4v) is 3.60. The molecule has 2 heterocycles. The van der Waals surface area contributed by atoms with Crippen LogP contribution in [0.5, 0.6) is 0 Å². The number of para-hydroxylation sites is 1. The molecule has 0 radical (unpaired) electrons. The summed E-state index contributed by atoms with van der Waals surface area (Å²) < 4.78 is 44.6. The summed E-state index contributed by atoms with van der Waals surface area (Å²) in [5, 5.41) is 0.232. The van der Waals surface area contributed by atoms with Crippen molar-refractivity contribution in [1.82, 2.24) is 9.55 Å². The quantitative estimate of drug-likeness (QED) is 0.519. The van der Waals surface area contributed by atoms with Crippen LogP contribution in [0.1, 0.15) is 31.0 Å². The Kier molecular flexibility index (Phi) is 5.16. The third-order valence-electron chi connectivity index (χ3n) is 4.10. The van der Waals surface area contributed by atoms with Crippen LogP contribution in [-0.2, 0) is 33.3 Å². The molecule has 0 amide bonds. The lowest BCUT2D eigenvalue weighted by atomic mass is 10.0. The van der Waals surface area contributed by atoms with Crippen LogP contribution in [0.4, 0.5) is 0 Å². The van der Waals surface area contributed by atoms with Gasteiger partial charge in [-0.25, -0.2) is 4.98 Å². The van der Waals surface area contributed by atoms with Crippen LogP contribution in [-0.4, -0.2) is 52.4 Å². The SMILES string of the molecule is [2H]CC(=O)O[C@@H]1[C@H](OC(=O)C[2H])COC(n2c(Cl)nc3c(Cl)cccc32)[C@@H]1OC(=O)C[2H]. The Labute approximate surface area is 180 Å². The maximum Gasteiger partial charge on any atom is 0.303 e. The molecule has 1 unspecified atom stereocenters. The molecule has 1 aliphatic rings. The summed E-state index contributed by atoms with van der Waals surface area (Å²) >= 11 is 12.5. The molecule has 1 fully saturated rings. The summed E-state index contributed by atoms with van der Waals surface area (Å²) in [6, 6.07) is 4.89. The van der Waals surface area contributed by atoms with Gasteiger partial charge < -0.3 is 18.9 Å². The van der Waals surface area contributed by atoms with Crippen LogP contribution in [0.15, 0.2) is 18.2 Å². The fraction of sp³-hybridized carbons (Fsp3) is 0.444. The zero-order valence-electron chi connectivity index (χ0n) is 17.9.